The standard InChI is InChI=1S/C26H27NO3S/c1-3-23-25(28)18-24(20-10-6-4-7-11-20)27(26(23)21-12-8-5-9-13-21)31(29,30)22-16-14-19(2)15-17-22/h4-17,23-24,26H,3,18H2,1-2H3/t23-,24-,26+/m1/s1. The Morgan fingerprint density at radius 2 is 1.39 bits per heavy atom. The Morgan fingerprint density at radius 3 is 1.94 bits per heavy atom. The lowest BCUT2D eigenvalue weighted by Gasteiger charge is -2.44. The number of hydrogen-bond acceptors (Lipinski definition) is 3. The van der Waals surface area contributed by atoms with Gasteiger partial charge in [-0.15, -0.1) is 0 Å². The Bertz CT molecular complexity index is 1140. The fourth-order valence-electron chi connectivity index (χ4n) is 4.55. The van der Waals surface area contributed by atoms with Crippen LogP contribution in [0.1, 0.15) is 48.5 Å². The molecule has 0 bridgehead atoms. The highest BCUT2D eigenvalue weighted by molar-refractivity contribution is 7.89. The number of carbonyl (C=O) groups is 1. The summed E-state index contributed by atoms with van der Waals surface area (Å²) in [5.74, 6) is -0.275. The zero-order valence-electron chi connectivity index (χ0n) is 17.8. The minimum atomic E-state index is -3.86. The minimum Gasteiger partial charge on any atom is -0.299 e. The van der Waals surface area contributed by atoms with E-state index in [1.807, 2.05) is 86.6 Å². The molecule has 0 unspecified atom stereocenters. The minimum absolute atomic E-state index is 0.112. The van der Waals surface area contributed by atoms with Gasteiger partial charge >= 0.3 is 0 Å². The van der Waals surface area contributed by atoms with Gasteiger partial charge in [-0.3, -0.25) is 4.79 Å². The fraction of sp³-hybridized carbons (Fsp3) is 0.269. The molecule has 4 nitrogen and oxygen atoms in total. The van der Waals surface area contributed by atoms with Crippen molar-refractivity contribution in [2.45, 2.75) is 43.7 Å². The highest BCUT2D eigenvalue weighted by Gasteiger charge is 2.48. The van der Waals surface area contributed by atoms with Crippen molar-refractivity contribution >= 4 is 15.8 Å². The number of sulfonamides is 1. The summed E-state index contributed by atoms with van der Waals surface area (Å²) in [6, 6.07) is 24.9. The van der Waals surface area contributed by atoms with Gasteiger partial charge in [-0.25, -0.2) is 8.42 Å². The largest absolute Gasteiger partial charge is 0.299 e. The molecule has 0 saturated carbocycles. The van der Waals surface area contributed by atoms with E-state index in [-0.39, 0.29) is 23.0 Å². The van der Waals surface area contributed by atoms with E-state index in [2.05, 4.69) is 0 Å². The summed E-state index contributed by atoms with van der Waals surface area (Å²) in [4.78, 5) is 13.5. The van der Waals surface area contributed by atoms with Crippen molar-refractivity contribution in [2.75, 3.05) is 0 Å². The van der Waals surface area contributed by atoms with Gasteiger partial charge in [0.2, 0.25) is 10.0 Å². The molecule has 5 heteroatoms. The van der Waals surface area contributed by atoms with Gasteiger partial charge in [0.1, 0.15) is 5.78 Å². The van der Waals surface area contributed by atoms with Gasteiger partial charge in [0.05, 0.1) is 17.0 Å². The summed E-state index contributed by atoms with van der Waals surface area (Å²) in [6.07, 6.45) is 0.761. The molecule has 31 heavy (non-hydrogen) atoms. The molecule has 0 spiro atoms. The van der Waals surface area contributed by atoms with Crippen molar-refractivity contribution in [1.82, 2.24) is 4.31 Å². The molecule has 160 valence electrons. The number of hydrogen-bond donors (Lipinski definition) is 0. The predicted octanol–water partition coefficient (Wildman–Crippen LogP) is 5.47. The van der Waals surface area contributed by atoms with Crippen LogP contribution in [-0.2, 0) is 14.8 Å². The molecule has 0 amide bonds. The summed E-state index contributed by atoms with van der Waals surface area (Å²) in [5.41, 5.74) is 2.68. The monoisotopic (exact) mass is 433 g/mol. The van der Waals surface area contributed by atoms with E-state index in [4.69, 9.17) is 0 Å². The van der Waals surface area contributed by atoms with Crippen molar-refractivity contribution in [3.63, 3.8) is 0 Å². The maximum Gasteiger partial charge on any atom is 0.244 e. The number of ketones is 1. The molecule has 0 N–H and O–H groups in total. The summed E-state index contributed by atoms with van der Waals surface area (Å²) in [7, 11) is -3.86. The van der Waals surface area contributed by atoms with Crippen LogP contribution in [0, 0.1) is 12.8 Å². The van der Waals surface area contributed by atoms with Crippen LogP contribution < -0.4 is 0 Å². The molecule has 3 aromatic rings. The van der Waals surface area contributed by atoms with Gasteiger partial charge in [0.25, 0.3) is 0 Å². The third-order valence-corrected chi connectivity index (χ3v) is 8.04. The highest BCUT2D eigenvalue weighted by atomic mass is 32.2. The average Bonchev–Trinajstić information content (AvgIpc) is 2.79. The third-order valence-electron chi connectivity index (χ3n) is 6.13. The number of Topliss-reactive ketones (excluding diaryl/α,β-unsaturated/α-hetero) is 1. The topological polar surface area (TPSA) is 54.5 Å². The first-order valence-electron chi connectivity index (χ1n) is 10.7. The van der Waals surface area contributed by atoms with Crippen LogP contribution in [0.2, 0.25) is 0 Å². The number of nitrogens with zero attached hydrogens (tertiary/aromatic N) is 1. The van der Waals surface area contributed by atoms with Gasteiger partial charge in [0, 0.05) is 12.3 Å². The molecule has 0 aliphatic carbocycles. The highest BCUT2D eigenvalue weighted by Crippen LogP contribution is 2.47. The van der Waals surface area contributed by atoms with Crippen molar-refractivity contribution in [3.05, 3.63) is 102 Å². The Morgan fingerprint density at radius 1 is 0.839 bits per heavy atom. The first-order chi connectivity index (χ1) is 14.9. The van der Waals surface area contributed by atoms with Gasteiger partial charge in [-0.1, -0.05) is 85.3 Å². The second-order valence-electron chi connectivity index (χ2n) is 8.12. The van der Waals surface area contributed by atoms with Gasteiger partial charge in [-0.05, 0) is 36.6 Å². The Kier molecular flexibility index (Phi) is 6.08. The number of carbonyl (C=O) groups excluding carboxylic acids is 1. The lowest BCUT2D eigenvalue weighted by atomic mass is 9.79. The van der Waals surface area contributed by atoms with E-state index in [9.17, 15) is 13.2 Å². The lowest BCUT2D eigenvalue weighted by molar-refractivity contribution is -0.129. The number of rotatable bonds is 5. The summed E-state index contributed by atoms with van der Waals surface area (Å²) >= 11 is 0. The molecule has 1 heterocycles. The fourth-order valence-corrected chi connectivity index (χ4v) is 6.37. The molecule has 1 aliphatic heterocycles. The van der Waals surface area contributed by atoms with Crippen LogP contribution in [0.4, 0.5) is 0 Å². The van der Waals surface area contributed by atoms with Crippen LogP contribution in [-0.4, -0.2) is 18.5 Å². The van der Waals surface area contributed by atoms with Gasteiger partial charge in [-0.2, -0.15) is 4.31 Å². The molecule has 1 aliphatic rings. The molecule has 1 saturated heterocycles. The van der Waals surface area contributed by atoms with Gasteiger partial charge in [0.15, 0.2) is 0 Å². The number of benzene rings is 3. The third kappa shape index (κ3) is 4.08. The normalized spacial score (nSPS) is 22.4. The Balaban J connectivity index is 1.94. The SMILES string of the molecule is CC[C@@H]1C(=O)C[C@H](c2ccccc2)N(S(=O)(=O)c2ccc(C)cc2)[C@H]1c1ccccc1. The molecule has 0 radical (unpaired) electrons. The zero-order chi connectivity index (χ0) is 22.0. The van der Waals surface area contributed by atoms with Crippen LogP contribution in [0.3, 0.4) is 0 Å². The van der Waals surface area contributed by atoms with Crippen LogP contribution in [0.5, 0.6) is 0 Å². The van der Waals surface area contributed by atoms with Gasteiger partial charge < -0.3 is 0 Å². The zero-order valence-corrected chi connectivity index (χ0v) is 18.6. The maximum absolute atomic E-state index is 14.0. The van der Waals surface area contributed by atoms with Crippen LogP contribution in [0.25, 0.3) is 0 Å². The smallest absolute Gasteiger partial charge is 0.244 e. The summed E-state index contributed by atoms with van der Waals surface area (Å²) in [5, 5.41) is 0. The molecule has 0 aromatic heterocycles. The molecule has 1 fully saturated rings. The van der Waals surface area contributed by atoms with E-state index >= 15 is 0 Å². The average molecular weight is 434 g/mol. The van der Waals surface area contributed by atoms with E-state index < -0.39 is 22.1 Å². The van der Waals surface area contributed by atoms with E-state index in [1.165, 1.54) is 0 Å². The first kappa shape index (κ1) is 21.5. The first-order valence-corrected chi connectivity index (χ1v) is 12.1. The Labute approximate surface area is 184 Å². The number of aryl methyl sites for hydroxylation is 1. The quantitative estimate of drug-likeness (QED) is 0.536. The van der Waals surface area contributed by atoms with Crippen molar-refractivity contribution < 1.29 is 13.2 Å². The molecule has 4 rings (SSSR count). The lowest BCUT2D eigenvalue weighted by Crippen LogP contribution is -2.48. The van der Waals surface area contributed by atoms with Crippen molar-refractivity contribution in [2.24, 2.45) is 5.92 Å². The molecular formula is C26H27NO3S. The second-order valence-corrected chi connectivity index (χ2v) is 9.96. The van der Waals surface area contributed by atoms with Crippen molar-refractivity contribution in [1.29, 1.82) is 0 Å². The van der Waals surface area contributed by atoms with E-state index in [0.29, 0.717) is 6.42 Å². The second kappa shape index (κ2) is 8.77. The molecule has 3 atom stereocenters. The molecular weight excluding hydrogens is 406 g/mol. The molecule has 3 aromatic carbocycles. The van der Waals surface area contributed by atoms with Crippen LogP contribution >= 0.6 is 0 Å². The maximum atomic E-state index is 14.0. The number of piperidine rings is 1. The summed E-state index contributed by atoms with van der Waals surface area (Å²) < 4.78 is 29.7. The van der Waals surface area contributed by atoms with E-state index in [1.54, 1.807) is 16.4 Å². The van der Waals surface area contributed by atoms with Crippen LogP contribution in [0.15, 0.2) is 89.8 Å². The van der Waals surface area contributed by atoms with E-state index in [0.717, 1.165) is 16.7 Å². The Hall–Kier alpha value is -2.76. The summed E-state index contributed by atoms with van der Waals surface area (Å²) in [6.45, 7) is 3.89. The predicted molar refractivity (Wildman–Crippen MR) is 122 cm³/mol. The van der Waals surface area contributed by atoms with Crippen molar-refractivity contribution in [3.8, 4) is 0 Å².